The maximum absolute atomic E-state index is 13.3. The van der Waals surface area contributed by atoms with Crippen LogP contribution in [0.3, 0.4) is 0 Å². The SMILES string of the molecule is Cc1ccc(-c2cc(C(=O)NC(C)CNC[C@@H](F)CCl)cc(-n3nnnc3C(C)C)c2)cc1. The minimum absolute atomic E-state index is 0.0577. The monoisotopic (exact) mass is 472 g/mol. The average Bonchev–Trinajstić information content (AvgIpc) is 3.29. The van der Waals surface area contributed by atoms with Crippen molar-refractivity contribution in [2.24, 2.45) is 0 Å². The van der Waals surface area contributed by atoms with Crippen LogP contribution >= 0.6 is 11.6 Å². The molecule has 0 spiro atoms. The van der Waals surface area contributed by atoms with Crippen molar-refractivity contribution in [3.8, 4) is 16.8 Å². The molecule has 0 bridgehead atoms. The van der Waals surface area contributed by atoms with Crippen molar-refractivity contribution in [3.05, 3.63) is 59.4 Å². The van der Waals surface area contributed by atoms with Crippen LogP contribution in [0.4, 0.5) is 4.39 Å². The summed E-state index contributed by atoms with van der Waals surface area (Å²) in [6, 6.07) is 13.5. The first kappa shape index (κ1) is 24.8. The molecule has 0 radical (unpaired) electrons. The summed E-state index contributed by atoms with van der Waals surface area (Å²) in [5.74, 6) is 0.532. The van der Waals surface area contributed by atoms with Gasteiger partial charge in [0, 0.05) is 30.6 Å². The maximum Gasteiger partial charge on any atom is 0.251 e. The van der Waals surface area contributed by atoms with Gasteiger partial charge in [0.25, 0.3) is 5.91 Å². The zero-order valence-electron chi connectivity index (χ0n) is 19.3. The van der Waals surface area contributed by atoms with E-state index in [9.17, 15) is 9.18 Å². The van der Waals surface area contributed by atoms with E-state index in [1.807, 2.05) is 64.1 Å². The predicted octanol–water partition coefficient (Wildman–Crippen LogP) is 4.05. The Morgan fingerprint density at radius 1 is 1.09 bits per heavy atom. The van der Waals surface area contributed by atoms with Gasteiger partial charge < -0.3 is 10.6 Å². The number of hydrogen-bond donors (Lipinski definition) is 2. The van der Waals surface area contributed by atoms with Gasteiger partial charge in [0.05, 0.1) is 11.6 Å². The number of carbonyl (C=O) groups is 1. The molecule has 2 atom stereocenters. The second-order valence-corrected chi connectivity index (χ2v) is 8.83. The van der Waals surface area contributed by atoms with Crippen LogP contribution in [0.25, 0.3) is 16.8 Å². The second kappa shape index (κ2) is 11.3. The smallest absolute Gasteiger partial charge is 0.251 e. The van der Waals surface area contributed by atoms with Crippen molar-refractivity contribution in [2.75, 3.05) is 19.0 Å². The third-order valence-electron chi connectivity index (χ3n) is 5.18. The quantitative estimate of drug-likeness (QED) is 0.435. The molecule has 0 saturated heterocycles. The van der Waals surface area contributed by atoms with E-state index in [4.69, 9.17) is 11.6 Å². The molecule has 1 aromatic heterocycles. The Morgan fingerprint density at radius 3 is 2.48 bits per heavy atom. The number of hydrogen-bond acceptors (Lipinski definition) is 5. The third-order valence-corrected chi connectivity index (χ3v) is 5.52. The van der Waals surface area contributed by atoms with Crippen LogP contribution < -0.4 is 10.6 Å². The van der Waals surface area contributed by atoms with Crippen LogP contribution in [0.5, 0.6) is 0 Å². The van der Waals surface area contributed by atoms with E-state index in [0.717, 1.165) is 16.7 Å². The number of aryl methyl sites for hydroxylation is 1. The molecule has 0 aliphatic rings. The highest BCUT2D eigenvalue weighted by Gasteiger charge is 2.17. The predicted molar refractivity (Wildman–Crippen MR) is 129 cm³/mol. The summed E-state index contributed by atoms with van der Waals surface area (Å²) in [5, 5.41) is 18.1. The van der Waals surface area contributed by atoms with Gasteiger partial charge in [-0.05, 0) is 53.6 Å². The Hall–Kier alpha value is -2.84. The number of halogens is 2. The number of rotatable bonds is 10. The highest BCUT2D eigenvalue weighted by atomic mass is 35.5. The van der Waals surface area contributed by atoms with Crippen molar-refractivity contribution in [3.63, 3.8) is 0 Å². The first-order chi connectivity index (χ1) is 15.8. The number of carbonyl (C=O) groups excluding carboxylic acids is 1. The molecule has 1 amide bonds. The Balaban J connectivity index is 1.90. The standard InChI is InChI=1S/C24H30ClFN6O/c1-15(2)23-29-30-31-32(23)22-10-19(18-7-5-16(3)6-8-18)9-20(11-22)24(33)28-17(4)13-27-14-21(26)12-25/h5-11,15,17,21,27H,12-14H2,1-4H3,(H,28,33)/t17?,21-/m0/s1. The number of amides is 1. The van der Waals surface area contributed by atoms with Crippen LogP contribution in [-0.4, -0.2) is 57.3 Å². The van der Waals surface area contributed by atoms with Gasteiger partial charge in [0.2, 0.25) is 0 Å². The average molecular weight is 473 g/mol. The van der Waals surface area contributed by atoms with Crippen molar-refractivity contribution in [2.45, 2.75) is 45.8 Å². The molecule has 0 aliphatic carbocycles. The Kier molecular flexibility index (Phi) is 8.52. The van der Waals surface area contributed by atoms with Gasteiger partial charge in [-0.25, -0.2) is 4.39 Å². The molecule has 2 aromatic carbocycles. The molecule has 3 aromatic rings. The van der Waals surface area contributed by atoms with Gasteiger partial charge in [0.15, 0.2) is 5.82 Å². The lowest BCUT2D eigenvalue weighted by Crippen LogP contribution is -2.41. The van der Waals surface area contributed by atoms with Gasteiger partial charge >= 0.3 is 0 Å². The molecule has 3 rings (SSSR count). The summed E-state index contributed by atoms with van der Waals surface area (Å²) >= 11 is 5.49. The summed E-state index contributed by atoms with van der Waals surface area (Å²) in [5.41, 5.74) is 4.22. The van der Waals surface area contributed by atoms with Crippen molar-refractivity contribution >= 4 is 17.5 Å². The molecular weight excluding hydrogens is 443 g/mol. The minimum atomic E-state index is -1.12. The van der Waals surface area contributed by atoms with Gasteiger partial charge in [0.1, 0.15) is 6.17 Å². The van der Waals surface area contributed by atoms with Crippen LogP contribution in [-0.2, 0) is 0 Å². The molecule has 176 valence electrons. The fraction of sp³-hybridized carbons (Fsp3) is 0.417. The first-order valence-corrected chi connectivity index (χ1v) is 11.5. The van der Waals surface area contributed by atoms with Gasteiger partial charge in [-0.2, -0.15) is 4.68 Å². The first-order valence-electron chi connectivity index (χ1n) is 11.0. The lowest BCUT2D eigenvalue weighted by atomic mass is 10.00. The summed E-state index contributed by atoms with van der Waals surface area (Å²) in [6.45, 7) is 8.50. The topological polar surface area (TPSA) is 84.7 Å². The van der Waals surface area contributed by atoms with Crippen molar-refractivity contribution in [1.29, 1.82) is 0 Å². The van der Waals surface area contributed by atoms with Crippen LogP contribution in [0.15, 0.2) is 42.5 Å². The van der Waals surface area contributed by atoms with E-state index >= 15 is 0 Å². The zero-order valence-corrected chi connectivity index (χ0v) is 20.1. The van der Waals surface area contributed by atoms with Gasteiger partial charge in [-0.15, -0.1) is 16.7 Å². The van der Waals surface area contributed by atoms with E-state index in [1.165, 1.54) is 0 Å². The fourth-order valence-electron chi connectivity index (χ4n) is 3.38. The third kappa shape index (κ3) is 6.58. The number of nitrogens with one attached hydrogen (secondary N) is 2. The van der Waals surface area contributed by atoms with Crippen molar-refractivity contribution in [1.82, 2.24) is 30.8 Å². The van der Waals surface area contributed by atoms with E-state index in [0.29, 0.717) is 23.6 Å². The molecule has 7 nitrogen and oxygen atoms in total. The number of nitrogens with zero attached hydrogens (tertiary/aromatic N) is 4. The van der Waals surface area contributed by atoms with E-state index < -0.39 is 6.17 Å². The lowest BCUT2D eigenvalue weighted by molar-refractivity contribution is 0.0939. The minimum Gasteiger partial charge on any atom is -0.348 e. The molecule has 0 aliphatic heterocycles. The Labute approximate surface area is 198 Å². The normalized spacial score (nSPS) is 13.2. The molecule has 0 fully saturated rings. The zero-order chi connectivity index (χ0) is 24.0. The maximum atomic E-state index is 13.3. The Bertz CT molecular complexity index is 1070. The second-order valence-electron chi connectivity index (χ2n) is 8.52. The van der Waals surface area contributed by atoms with Crippen LogP contribution in [0, 0.1) is 6.92 Å². The summed E-state index contributed by atoms with van der Waals surface area (Å²) in [4.78, 5) is 13.1. The molecule has 9 heteroatoms. The van der Waals surface area contributed by atoms with E-state index in [1.54, 1.807) is 10.7 Å². The molecule has 2 N–H and O–H groups in total. The molecule has 1 heterocycles. The largest absolute Gasteiger partial charge is 0.348 e. The number of aromatic nitrogens is 4. The van der Waals surface area contributed by atoms with Gasteiger partial charge in [-0.3, -0.25) is 4.79 Å². The molecule has 0 saturated carbocycles. The van der Waals surface area contributed by atoms with E-state index in [-0.39, 0.29) is 30.3 Å². The van der Waals surface area contributed by atoms with Crippen LogP contribution in [0.2, 0.25) is 0 Å². The molecular formula is C24H30ClFN6O. The summed E-state index contributed by atoms with van der Waals surface area (Å²) in [6.07, 6.45) is -1.12. The Morgan fingerprint density at radius 2 is 1.82 bits per heavy atom. The highest BCUT2D eigenvalue weighted by molar-refractivity contribution is 6.18. The summed E-state index contributed by atoms with van der Waals surface area (Å²) < 4.78 is 15.0. The summed E-state index contributed by atoms with van der Waals surface area (Å²) in [7, 11) is 0. The highest BCUT2D eigenvalue weighted by Crippen LogP contribution is 2.26. The number of tetrazole rings is 1. The fourth-order valence-corrected chi connectivity index (χ4v) is 3.49. The van der Waals surface area contributed by atoms with Crippen LogP contribution in [0.1, 0.15) is 48.4 Å². The number of alkyl halides is 2. The molecule has 33 heavy (non-hydrogen) atoms. The van der Waals surface area contributed by atoms with Gasteiger partial charge in [-0.1, -0.05) is 43.7 Å². The number of benzene rings is 2. The van der Waals surface area contributed by atoms with Crippen molar-refractivity contribution < 1.29 is 9.18 Å². The lowest BCUT2D eigenvalue weighted by Gasteiger charge is -2.17. The van der Waals surface area contributed by atoms with E-state index in [2.05, 4.69) is 26.2 Å². The molecule has 1 unspecified atom stereocenters.